The number of hydrogen-bond donors (Lipinski definition) is 0. The molecule has 8 amide bonds. The van der Waals surface area contributed by atoms with Gasteiger partial charge in [0.05, 0.1) is 49.7 Å². The number of hydrogen-bond acceptors (Lipinski definition) is 15. The van der Waals surface area contributed by atoms with Gasteiger partial charge < -0.3 is 0 Å². The van der Waals surface area contributed by atoms with Crippen molar-refractivity contribution >= 4 is 97.2 Å². The summed E-state index contributed by atoms with van der Waals surface area (Å²) in [6.07, 6.45) is 32.2. The summed E-state index contributed by atoms with van der Waals surface area (Å²) in [5, 5.41) is 29.6. The summed E-state index contributed by atoms with van der Waals surface area (Å²) in [7, 11) is 0. The first-order chi connectivity index (χ1) is 48.8. The van der Waals surface area contributed by atoms with Crippen LogP contribution in [0.2, 0.25) is 0 Å². The van der Waals surface area contributed by atoms with Crippen molar-refractivity contribution in [1.82, 2.24) is 40.0 Å². The van der Waals surface area contributed by atoms with Gasteiger partial charge in [0.1, 0.15) is 6.07 Å². The van der Waals surface area contributed by atoms with Crippen LogP contribution in [0.1, 0.15) is 322 Å². The van der Waals surface area contributed by atoms with E-state index in [2.05, 4.69) is 59.0 Å². The maximum Gasteiger partial charge on any atom is 0.262 e. The minimum absolute atomic E-state index is 0.0146. The standard InChI is InChI=1S/C80H92N10O8S2/c1-6-10-14-18-22-26-30-34-42-87-74(92)55-47-52(68-65-54(46-51(50-81)63(64(55)65)77(87)95)73(91)88(78(68)96)43-35-31-27-23-19-15-11-7-2)59-38-40-61(99-59)71-83-85-72(86-84-71)62-41-39-60(100-62)53-48-56-67-66-57(76(94)89(79(97)69(53)66)44-36-32-28-24-20-16-12-8-3)49-58(82-5)70(67)80(98)90(75(56)93)45-37-33-29-25-21-17-13-9-4/h38-41,46-49H,6-37,42-45H2,1-4H3. The molecular formula is C80H92N10O8S2. The first kappa shape index (κ1) is 72.5. The normalized spacial score (nSPS) is 14.1. The molecule has 0 fully saturated rings. The average molecular weight is 1390 g/mol. The fraction of sp³-hybridized carbons (Fsp3) is 0.500. The summed E-state index contributed by atoms with van der Waals surface area (Å²) in [4.78, 5) is 130. The van der Waals surface area contributed by atoms with Crippen LogP contribution in [0.4, 0.5) is 5.69 Å². The highest BCUT2D eigenvalue weighted by Gasteiger charge is 2.45. The number of imide groups is 4. The van der Waals surface area contributed by atoms with Crippen molar-refractivity contribution < 1.29 is 38.4 Å². The van der Waals surface area contributed by atoms with E-state index in [1.807, 2.05) is 0 Å². The molecule has 0 bridgehead atoms. The maximum absolute atomic E-state index is 15.2. The van der Waals surface area contributed by atoms with Crippen molar-refractivity contribution in [1.29, 1.82) is 5.26 Å². The number of aromatic nitrogens is 4. The Morgan fingerprint density at radius 3 is 0.940 bits per heavy atom. The van der Waals surface area contributed by atoms with Gasteiger partial charge >= 0.3 is 0 Å². The van der Waals surface area contributed by atoms with E-state index >= 15 is 9.59 Å². The number of carbonyl (C=O) groups is 8. The second kappa shape index (κ2) is 34.1. The molecule has 0 atom stereocenters. The number of carbonyl (C=O) groups excluding carboxylic acids is 8. The van der Waals surface area contributed by atoms with Crippen LogP contribution in [0.15, 0.2) is 48.5 Å². The molecule has 0 unspecified atom stereocenters. The molecule has 18 nitrogen and oxygen atoms in total. The summed E-state index contributed by atoms with van der Waals surface area (Å²) >= 11 is 2.48. The fourth-order valence-corrected chi connectivity index (χ4v) is 16.8. The summed E-state index contributed by atoms with van der Waals surface area (Å²) in [5.41, 5.74) is 1.53. The van der Waals surface area contributed by atoms with E-state index in [1.165, 1.54) is 99.4 Å². The van der Waals surface area contributed by atoms with Crippen LogP contribution in [0.3, 0.4) is 0 Å². The Bertz CT molecular complexity index is 4090. The Kier molecular flexibility index (Phi) is 24.7. The van der Waals surface area contributed by atoms with Crippen molar-refractivity contribution in [3.05, 3.63) is 110 Å². The lowest BCUT2D eigenvalue weighted by Gasteiger charge is -2.34. The number of benzene rings is 4. The number of thiophene rings is 2. The highest BCUT2D eigenvalue weighted by atomic mass is 32.1. The molecule has 0 saturated carbocycles. The molecule has 4 aromatic carbocycles. The Labute approximate surface area is 595 Å². The summed E-state index contributed by atoms with van der Waals surface area (Å²) in [6.45, 7) is 17.6. The Hall–Kier alpha value is -8.72. The third-order valence-corrected chi connectivity index (χ3v) is 22.6. The predicted octanol–water partition coefficient (Wildman–Crippen LogP) is 19.7. The molecule has 100 heavy (non-hydrogen) atoms. The molecule has 11 rings (SSSR count). The van der Waals surface area contributed by atoms with Gasteiger partial charge in [0.25, 0.3) is 47.3 Å². The molecule has 522 valence electrons. The van der Waals surface area contributed by atoms with E-state index in [1.54, 1.807) is 36.4 Å². The smallest absolute Gasteiger partial charge is 0.262 e. The third kappa shape index (κ3) is 15.0. The van der Waals surface area contributed by atoms with E-state index in [4.69, 9.17) is 6.57 Å². The van der Waals surface area contributed by atoms with E-state index in [9.17, 15) is 34.0 Å². The minimum Gasteiger partial charge on any atom is -0.275 e. The van der Waals surface area contributed by atoms with E-state index < -0.39 is 47.3 Å². The van der Waals surface area contributed by atoms with Gasteiger partial charge in [-0.1, -0.05) is 207 Å². The molecule has 0 spiro atoms. The van der Waals surface area contributed by atoms with Crippen molar-refractivity contribution in [2.45, 2.75) is 233 Å². The van der Waals surface area contributed by atoms with Crippen molar-refractivity contribution in [3.63, 3.8) is 0 Å². The predicted molar refractivity (Wildman–Crippen MR) is 393 cm³/mol. The zero-order valence-corrected chi connectivity index (χ0v) is 60.3. The monoisotopic (exact) mass is 1380 g/mol. The van der Waals surface area contributed by atoms with Gasteiger partial charge in [0, 0.05) is 79.9 Å². The average Bonchev–Trinajstić information content (AvgIpc) is 0.775. The van der Waals surface area contributed by atoms with Crippen LogP contribution >= 0.6 is 22.7 Å². The second-order valence-electron chi connectivity index (χ2n) is 27.4. The molecule has 0 aliphatic carbocycles. The van der Waals surface area contributed by atoms with Crippen LogP contribution in [0.25, 0.3) is 68.7 Å². The van der Waals surface area contributed by atoms with Crippen LogP contribution < -0.4 is 0 Å². The topological polar surface area (TPSA) is 229 Å². The molecule has 20 heteroatoms. The largest absolute Gasteiger partial charge is 0.275 e. The molecular weight excluding hydrogens is 1290 g/mol. The molecule has 7 heterocycles. The van der Waals surface area contributed by atoms with Crippen molar-refractivity contribution in [2.24, 2.45) is 0 Å². The number of unbranched alkanes of at least 4 members (excludes halogenated alkanes) is 28. The van der Waals surface area contributed by atoms with Crippen molar-refractivity contribution in [3.8, 4) is 48.4 Å². The van der Waals surface area contributed by atoms with Gasteiger partial charge in [0.2, 0.25) is 17.3 Å². The summed E-state index contributed by atoms with van der Waals surface area (Å²) < 4.78 is 0. The first-order valence-corrected chi connectivity index (χ1v) is 38.8. The van der Waals surface area contributed by atoms with Crippen molar-refractivity contribution in [2.75, 3.05) is 26.2 Å². The highest BCUT2D eigenvalue weighted by Crippen LogP contribution is 2.50. The van der Waals surface area contributed by atoms with E-state index in [0.717, 1.165) is 135 Å². The third-order valence-electron chi connectivity index (χ3n) is 20.4. The Morgan fingerprint density at radius 2 is 0.610 bits per heavy atom. The highest BCUT2D eigenvalue weighted by molar-refractivity contribution is 7.19. The van der Waals surface area contributed by atoms with Gasteiger partial charge in [-0.05, 0) is 79.6 Å². The maximum atomic E-state index is 15.2. The van der Waals surface area contributed by atoms with Gasteiger partial charge in [-0.3, -0.25) is 58.0 Å². The lowest BCUT2D eigenvalue weighted by Crippen LogP contribution is -2.44. The van der Waals surface area contributed by atoms with Crippen LogP contribution in [-0.4, -0.2) is 113 Å². The van der Waals surface area contributed by atoms with Gasteiger partial charge in [-0.25, -0.2) is 4.85 Å². The van der Waals surface area contributed by atoms with Gasteiger partial charge in [-0.2, -0.15) is 5.26 Å². The first-order valence-electron chi connectivity index (χ1n) is 37.2. The Morgan fingerprint density at radius 1 is 0.340 bits per heavy atom. The zero-order chi connectivity index (χ0) is 70.4. The van der Waals surface area contributed by atoms with Gasteiger partial charge in [0.15, 0.2) is 0 Å². The number of rotatable bonds is 40. The molecule has 0 saturated heterocycles. The Balaban J connectivity index is 0.914. The molecule has 3 aromatic heterocycles. The molecule has 7 aromatic rings. The lowest BCUT2D eigenvalue weighted by atomic mass is 9.81. The number of nitriles is 1. The number of amides is 8. The van der Waals surface area contributed by atoms with Gasteiger partial charge in [-0.15, -0.1) is 43.1 Å². The molecule has 0 radical (unpaired) electrons. The molecule has 4 aliphatic rings. The number of nitrogens with zero attached hydrogens (tertiary/aromatic N) is 10. The quantitative estimate of drug-likeness (QED) is 0.0198. The zero-order valence-electron chi connectivity index (χ0n) is 58.6. The summed E-state index contributed by atoms with van der Waals surface area (Å²) in [5.74, 6) is -4.26. The second-order valence-corrected chi connectivity index (χ2v) is 29.6. The molecule has 0 N–H and O–H groups in total. The lowest BCUT2D eigenvalue weighted by molar-refractivity contribution is 0.0586. The molecule has 4 aliphatic heterocycles. The van der Waals surface area contributed by atoms with Crippen LogP contribution in [-0.2, 0) is 0 Å². The van der Waals surface area contributed by atoms with Crippen LogP contribution in [0, 0.1) is 17.9 Å². The van der Waals surface area contributed by atoms with E-state index in [0.29, 0.717) is 56.3 Å². The summed E-state index contributed by atoms with van der Waals surface area (Å²) in [6, 6.07) is 15.4. The minimum atomic E-state index is -0.618. The van der Waals surface area contributed by atoms with Crippen LogP contribution in [0.5, 0.6) is 0 Å². The fourth-order valence-electron chi connectivity index (χ4n) is 14.9. The van der Waals surface area contributed by atoms with E-state index in [-0.39, 0.29) is 115 Å². The SMILES string of the molecule is [C-]#[N+]c1cc2c3c(c(-c4ccc(-c5nnc(-c6ccc(-c7cc8c9c(c(C#N)cc%10c9c7C(=O)N(CCCCCCCCCC)C%10=O)C(=O)N(CCCCCCCCCC)C8=O)s6)nn5)s4)cc4c3c1C(=O)N(CCCCCCCCCC)C4=O)C(=O)N(CCCCCCCCCC)C2=O.